The van der Waals surface area contributed by atoms with E-state index >= 15 is 0 Å². The third kappa shape index (κ3) is 1.93. The number of benzene rings is 1. The molecule has 0 fully saturated rings. The van der Waals surface area contributed by atoms with Crippen LogP contribution in [-0.2, 0) is 20.5 Å². The van der Waals surface area contributed by atoms with Crippen LogP contribution in [0.5, 0.6) is 0 Å². The van der Waals surface area contributed by atoms with E-state index < -0.39 is 5.54 Å². The SMILES string of the molecule is CCOC(=O)C1(N)CCC(C)(C)c2ccccc21. The summed E-state index contributed by atoms with van der Waals surface area (Å²) in [6, 6.07) is 7.95. The molecule has 1 aliphatic rings. The van der Waals surface area contributed by atoms with Crippen LogP contribution in [0.15, 0.2) is 24.3 Å². The van der Waals surface area contributed by atoms with E-state index in [2.05, 4.69) is 19.9 Å². The number of nitrogens with two attached hydrogens (primary N) is 1. The predicted molar refractivity (Wildman–Crippen MR) is 71.2 cm³/mol. The van der Waals surface area contributed by atoms with E-state index in [1.54, 1.807) is 6.92 Å². The molecule has 3 heteroatoms. The fourth-order valence-corrected chi connectivity index (χ4v) is 2.71. The van der Waals surface area contributed by atoms with Gasteiger partial charge in [0.05, 0.1) is 6.61 Å². The first-order chi connectivity index (χ1) is 8.42. The Labute approximate surface area is 108 Å². The molecule has 3 nitrogen and oxygen atoms in total. The third-order valence-electron chi connectivity index (χ3n) is 3.92. The van der Waals surface area contributed by atoms with E-state index in [1.165, 1.54) is 0 Å². The predicted octanol–water partition coefficient (Wildman–Crippen LogP) is 2.48. The Morgan fingerprint density at radius 3 is 2.50 bits per heavy atom. The van der Waals surface area contributed by atoms with Crippen molar-refractivity contribution in [2.24, 2.45) is 5.73 Å². The molecule has 1 atom stereocenters. The minimum absolute atomic E-state index is 0.0615. The molecule has 0 spiro atoms. The maximum Gasteiger partial charge on any atom is 0.330 e. The number of carbonyl (C=O) groups excluding carboxylic acids is 1. The van der Waals surface area contributed by atoms with E-state index in [0.717, 1.165) is 17.5 Å². The summed E-state index contributed by atoms with van der Waals surface area (Å²) < 4.78 is 5.15. The highest BCUT2D eigenvalue weighted by Gasteiger charge is 2.45. The highest BCUT2D eigenvalue weighted by Crippen LogP contribution is 2.43. The summed E-state index contributed by atoms with van der Waals surface area (Å²) in [5.74, 6) is -0.312. The first-order valence-electron chi connectivity index (χ1n) is 6.48. The smallest absolute Gasteiger partial charge is 0.330 e. The van der Waals surface area contributed by atoms with Crippen LogP contribution in [-0.4, -0.2) is 12.6 Å². The van der Waals surface area contributed by atoms with Crippen LogP contribution in [0.3, 0.4) is 0 Å². The van der Waals surface area contributed by atoms with Gasteiger partial charge in [0.25, 0.3) is 0 Å². The molecule has 0 aliphatic heterocycles. The largest absolute Gasteiger partial charge is 0.464 e. The summed E-state index contributed by atoms with van der Waals surface area (Å²) in [4.78, 5) is 12.1. The molecule has 0 amide bonds. The summed E-state index contributed by atoms with van der Waals surface area (Å²) in [6.07, 6.45) is 1.52. The molecule has 1 aromatic rings. The van der Waals surface area contributed by atoms with Crippen LogP contribution < -0.4 is 5.73 Å². The van der Waals surface area contributed by atoms with Gasteiger partial charge in [0, 0.05) is 0 Å². The fraction of sp³-hybridized carbons (Fsp3) is 0.533. The van der Waals surface area contributed by atoms with Gasteiger partial charge in [-0.15, -0.1) is 0 Å². The lowest BCUT2D eigenvalue weighted by Crippen LogP contribution is -2.51. The molecule has 1 unspecified atom stereocenters. The zero-order chi connectivity index (χ0) is 13.4. The highest BCUT2D eigenvalue weighted by molar-refractivity contribution is 5.83. The van der Waals surface area contributed by atoms with Crippen molar-refractivity contribution in [2.75, 3.05) is 6.61 Å². The van der Waals surface area contributed by atoms with Crippen LogP contribution in [0.2, 0.25) is 0 Å². The molecule has 2 rings (SSSR count). The molecule has 2 N–H and O–H groups in total. The number of esters is 1. The standard InChI is InChI=1S/C15H21NO2/c1-4-18-13(17)15(16)10-9-14(2,3)11-7-5-6-8-12(11)15/h5-8H,4,9-10,16H2,1-3H3. The Hall–Kier alpha value is -1.35. The van der Waals surface area contributed by atoms with E-state index in [1.807, 2.05) is 18.2 Å². The van der Waals surface area contributed by atoms with Crippen molar-refractivity contribution < 1.29 is 9.53 Å². The summed E-state index contributed by atoms with van der Waals surface area (Å²) in [5, 5.41) is 0. The van der Waals surface area contributed by atoms with Gasteiger partial charge in [-0.1, -0.05) is 38.1 Å². The summed E-state index contributed by atoms with van der Waals surface area (Å²) in [7, 11) is 0. The van der Waals surface area contributed by atoms with Crippen molar-refractivity contribution in [1.29, 1.82) is 0 Å². The second-order valence-corrected chi connectivity index (χ2v) is 5.62. The topological polar surface area (TPSA) is 52.3 Å². The first kappa shape index (κ1) is 13.1. The average molecular weight is 247 g/mol. The molecule has 98 valence electrons. The number of hydrogen-bond acceptors (Lipinski definition) is 3. The van der Waals surface area contributed by atoms with Crippen molar-refractivity contribution in [3.05, 3.63) is 35.4 Å². The monoisotopic (exact) mass is 247 g/mol. The molecule has 18 heavy (non-hydrogen) atoms. The van der Waals surface area contributed by atoms with Gasteiger partial charge >= 0.3 is 5.97 Å². The normalized spacial score (nSPS) is 25.3. The molecule has 1 aliphatic carbocycles. The van der Waals surface area contributed by atoms with E-state index in [-0.39, 0.29) is 11.4 Å². The van der Waals surface area contributed by atoms with Crippen LogP contribution in [0.1, 0.15) is 44.7 Å². The Balaban J connectivity index is 2.51. The molecular weight excluding hydrogens is 226 g/mol. The Kier molecular flexibility index (Phi) is 3.20. The summed E-state index contributed by atoms with van der Waals surface area (Å²) in [5.41, 5.74) is 7.50. The van der Waals surface area contributed by atoms with Crippen LogP contribution in [0.4, 0.5) is 0 Å². The van der Waals surface area contributed by atoms with E-state index in [4.69, 9.17) is 10.5 Å². The lowest BCUT2D eigenvalue weighted by molar-refractivity contribution is -0.151. The minimum atomic E-state index is -0.984. The number of hydrogen-bond donors (Lipinski definition) is 1. The second-order valence-electron chi connectivity index (χ2n) is 5.62. The maximum atomic E-state index is 12.1. The molecule has 0 saturated carbocycles. The summed E-state index contributed by atoms with van der Waals surface area (Å²) >= 11 is 0. The molecule has 0 saturated heterocycles. The quantitative estimate of drug-likeness (QED) is 0.817. The van der Waals surface area contributed by atoms with Crippen molar-refractivity contribution in [2.45, 2.75) is 44.6 Å². The van der Waals surface area contributed by atoms with Gasteiger partial charge in [0.15, 0.2) is 0 Å². The Bertz CT molecular complexity index is 467. The molecular formula is C15H21NO2. The number of rotatable bonds is 2. The van der Waals surface area contributed by atoms with E-state index in [9.17, 15) is 4.79 Å². The summed E-state index contributed by atoms with van der Waals surface area (Å²) in [6.45, 7) is 6.55. The van der Waals surface area contributed by atoms with Crippen molar-refractivity contribution in [1.82, 2.24) is 0 Å². The fourth-order valence-electron chi connectivity index (χ4n) is 2.71. The molecule has 0 bridgehead atoms. The lowest BCUT2D eigenvalue weighted by Gasteiger charge is -2.41. The molecule has 1 aromatic carbocycles. The number of carbonyl (C=O) groups is 1. The van der Waals surface area contributed by atoms with Gasteiger partial charge in [0.2, 0.25) is 0 Å². The molecule has 0 aromatic heterocycles. The maximum absolute atomic E-state index is 12.1. The molecule has 0 heterocycles. The number of fused-ring (bicyclic) bond motifs is 1. The van der Waals surface area contributed by atoms with Crippen molar-refractivity contribution in [3.8, 4) is 0 Å². The zero-order valence-electron chi connectivity index (χ0n) is 11.3. The average Bonchev–Trinajstić information content (AvgIpc) is 2.35. The van der Waals surface area contributed by atoms with Gasteiger partial charge in [0.1, 0.15) is 5.54 Å². The van der Waals surface area contributed by atoms with Crippen LogP contribution in [0.25, 0.3) is 0 Å². The number of ether oxygens (including phenoxy) is 1. The van der Waals surface area contributed by atoms with Crippen LogP contribution >= 0.6 is 0 Å². The van der Waals surface area contributed by atoms with Gasteiger partial charge in [-0.3, -0.25) is 0 Å². The third-order valence-corrected chi connectivity index (χ3v) is 3.92. The minimum Gasteiger partial charge on any atom is -0.464 e. The second kappa shape index (κ2) is 4.39. The lowest BCUT2D eigenvalue weighted by atomic mass is 9.66. The van der Waals surface area contributed by atoms with Gasteiger partial charge < -0.3 is 10.5 Å². The van der Waals surface area contributed by atoms with Gasteiger partial charge in [-0.05, 0) is 36.3 Å². The molecule has 0 radical (unpaired) electrons. The Morgan fingerprint density at radius 2 is 1.89 bits per heavy atom. The van der Waals surface area contributed by atoms with Gasteiger partial charge in [-0.2, -0.15) is 0 Å². The van der Waals surface area contributed by atoms with E-state index in [0.29, 0.717) is 13.0 Å². The van der Waals surface area contributed by atoms with Crippen molar-refractivity contribution >= 4 is 5.97 Å². The first-order valence-corrected chi connectivity index (χ1v) is 6.48. The zero-order valence-corrected chi connectivity index (χ0v) is 11.3. The van der Waals surface area contributed by atoms with Crippen LogP contribution in [0, 0.1) is 0 Å². The Morgan fingerprint density at radius 1 is 1.28 bits per heavy atom. The highest BCUT2D eigenvalue weighted by atomic mass is 16.5. The van der Waals surface area contributed by atoms with Crippen molar-refractivity contribution in [3.63, 3.8) is 0 Å². The van der Waals surface area contributed by atoms with Gasteiger partial charge in [-0.25, -0.2) is 4.79 Å².